The third-order valence-corrected chi connectivity index (χ3v) is 4.65. The second-order valence-corrected chi connectivity index (χ2v) is 6.30. The van der Waals surface area contributed by atoms with Gasteiger partial charge in [-0.2, -0.15) is 0 Å². The lowest BCUT2D eigenvalue weighted by atomic mass is 9.92. The second kappa shape index (κ2) is 5.72. The van der Waals surface area contributed by atoms with Gasteiger partial charge >= 0.3 is 6.16 Å². The number of rotatable bonds is 4. The maximum absolute atomic E-state index is 11.1. The van der Waals surface area contributed by atoms with E-state index >= 15 is 0 Å². The molecule has 21 heavy (non-hydrogen) atoms. The highest BCUT2D eigenvalue weighted by molar-refractivity contribution is 5.62. The highest BCUT2D eigenvalue weighted by atomic mass is 16.8. The van der Waals surface area contributed by atoms with Crippen LogP contribution in [0.1, 0.15) is 43.6 Å². The van der Waals surface area contributed by atoms with Crippen molar-refractivity contribution in [1.29, 1.82) is 0 Å². The lowest BCUT2D eigenvalue weighted by molar-refractivity contribution is -0.000219. The summed E-state index contributed by atoms with van der Waals surface area (Å²) in [5, 5.41) is 0. The minimum absolute atomic E-state index is 0.350. The fourth-order valence-corrected chi connectivity index (χ4v) is 3.09. The monoisotopic (exact) mass is 293 g/mol. The van der Waals surface area contributed by atoms with Crippen LogP contribution in [0.25, 0.3) is 0 Å². The number of piperidine rings is 1. The standard InChI is InChI=1S/C16H23NO4/c1-12(14-4-3-13(2)20-14)5-8-17-9-6-16(7-10-17)11-19-15(18)21-16/h3-4,12H,5-11H2,1-2H3. The highest BCUT2D eigenvalue weighted by Gasteiger charge is 2.44. The van der Waals surface area contributed by atoms with Gasteiger partial charge in [0.25, 0.3) is 0 Å². The molecule has 2 saturated heterocycles. The maximum Gasteiger partial charge on any atom is 0.509 e. The van der Waals surface area contributed by atoms with Crippen molar-refractivity contribution in [3.63, 3.8) is 0 Å². The normalized spacial score (nSPS) is 23.0. The number of furan rings is 1. The van der Waals surface area contributed by atoms with Crippen molar-refractivity contribution in [2.75, 3.05) is 26.2 Å². The summed E-state index contributed by atoms with van der Waals surface area (Å²) in [6, 6.07) is 4.09. The Kier molecular flexibility index (Phi) is 3.93. The summed E-state index contributed by atoms with van der Waals surface area (Å²) < 4.78 is 16.0. The predicted octanol–water partition coefficient (Wildman–Crippen LogP) is 3.08. The van der Waals surface area contributed by atoms with Gasteiger partial charge in [-0.25, -0.2) is 4.79 Å². The summed E-state index contributed by atoms with van der Waals surface area (Å²) in [5.74, 6) is 2.47. The number of nitrogens with zero attached hydrogens (tertiary/aromatic N) is 1. The van der Waals surface area contributed by atoms with E-state index in [2.05, 4.69) is 17.9 Å². The van der Waals surface area contributed by atoms with Crippen LogP contribution in [0, 0.1) is 6.92 Å². The SMILES string of the molecule is Cc1ccc(C(C)CCN2CCC3(CC2)COC(=O)O3)o1. The summed E-state index contributed by atoms with van der Waals surface area (Å²) >= 11 is 0. The predicted molar refractivity (Wildman–Crippen MR) is 77.3 cm³/mol. The van der Waals surface area contributed by atoms with Crippen molar-refractivity contribution in [3.05, 3.63) is 23.7 Å². The van der Waals surface area contributed by atoms with Gasteiger partial charge in [0.2, 0.25) is 0 Å². The fourth-order valence-electron chi connectivity index (χ4n) is 3.09. The van der Waals surface area contributed by atoms with Crippen molar-refractivity contribution < 1.29 is 18.7 Å². The largest absolute Gasteiger partial charge is 0.509 e. The van der Waals surface area contributed by atoms with Gasteiger partial charge in [0, 0.05) is 31.8 Å². The molecule has 1 aromatic rings. The third kappa shape index (κ3) is 3.23. The summed E-state index contributed by atoms with van der Waals surface area (Å²) in [4.78, 5) is 13.5. The number of cyclic esters (lactones) is 1. The first kappa shape index (κ1) is 14.4. The molecule has 5 nitrogen and oxygen atoms in total. The molecule has 2 aliphatic rings. The molecule has 0 N–H and O–H groups in total. The molecule has 5 heteroatoms. The molecular weight excluding hydrogens is 270 g/mol. The molecule has 1 unspecified atom stereocenters. The molecule has 0 radical (unpaired) electrons. The van der Waals surface area contributed by atoms with Crippen molar-refractivity contribution >= 4 is 6.16 Å². The number of hydrogen-bond acceptors (Lipinski definition) is 5. The van der Waals surface area contributed by atoms with Crippen LogP contribution in [0.15, 0.2) is 16.5 Å². The molecule has 3 rings (SSSR count). The Balaban J connectivity index is 1.44. The molecule has 2 aliphatic heterocycles. The van der Waals surface area contributed by atoms with Crippen LogP contribution in [0.2, 0.25) is 0 Å². The molecule has 2 fully saturated rings. The molecule has 1 atom stereocenters. The molecule has 0 aromatic carbocycles. The average Bonchev–Trinajstić information content (AvgIpc) is 3.05. The summed E-state index contributed by atoms with van der Waals surface area (Å²) in [7, 11) is 0. The Morgan fingerprint density at radius 1 is 1.33 bits per heavy atom. The Morgan fingerprint density at radius 3 is 2.67 bits per heavy atom. The van der Waals surface area contributed by atoms with E-state index in [1.807, 2.05) is 13.0 Å². The summed E-state index contributed by atoms with van der Waals surface area (Å²) in [5.41, 5.74) is -0.350. The molecule has 0 aliphatic carbocycles. The van der Waals surface area contributed by atoms with E-state index in [9.17, 15) is 4.79 Å². The van der Waals surface area contributed by atoms with Crippen LogP contribution in [-0.2, 0) is 9.47 Å². The van der Waals surface area contributed by atoms with Crippen LogP contribution in [0.3, 0.4) is 0 Å². The van der Waals surface area contributed by atoms with Gasteiger partial charge in [-0.1, -0.05) is 6.92 Å². The van der Waals surface area contributed by atoms with Crippen molar-refractivity contribution in [2.24, 2.45) is 0 Å². The van der Waals surface area contributed by atoms with Crippen LogP contribution in [-0.4, -0.2) is 42.9 Å². The fraction of sp³-hybridized carbons (Fsp3) is 0.688. The Labute approximate surface area is 125 Å². The number of carbonyl (C=O) groups excluding carboxylic acids is 1. The Bertz CT molecular complexity index is 502. The summed E-state index contributed by atoms with van der Waals surface area (Å²) in [6.07, 6.45) is 2.31. The molecule has 116 valence electrons. The van der Waals surface area contributed by atoms with E-state index in [-0.39, 0.29) is 5.60 Å². The molecular formula is C16H23NO4. The number of carbonyl (C=O) groups is 1. The summed E-state index contributed by atoms with van der Waals surface area (Å²) in [6.45, 7) is 7.57. The van der Waals surface area contributed by atoms with Gasteiger partial charge in [-0.3, -0.25) is 0 Å². The molecule has 1 aromatic heterocycles. The van der Waals surface area contributed by atoms with E-state index in [4.69, 9.17) is 13.9 Å². The molecule has 1 spiro atoms. The number of aryl methyl sites for hydroxylation is 1. The van der Waals surface area contributed by atoms with E-state index in [0.29, 0.717) is 12.5 Å². The van der Waals surface area contributed by atoms with E-state index < -0.39 is 6.16 Å². The minimum atomic E-state index is -0.509. The van der Waals surface area contributed by atoms with Gasteiger partial charge in [-0.15, -0.1) is 0 Å². The van der Waals surface area contributed by atoms with Gasteiger partial charge in [0.1, 0.15) is 18.1 Å². The molecule has 0 bridgehead atoms. The van der Waals surface area contributed by atoms with Crippen LogP contribution < -0.4 is 0 Å². The van der Waals surface area contributed by atoms with Gasteiger partial charge in [-0.05, 0) is 32.0 Å². The quantitative estimate of drug-likeness (QED) is 0.798. The third-order valence-electron chi connectivity index (χ3n) is 4.65. The first-order valence-electron chi connectivity index (χ1n) is 7.71. The lowest BCUT2D eigenvalue weighted by Crippen LogP contribution is -2.46. The highest BCUT2D eigenvalue weighted by Crippen LogP contribution is 2.32. The number of likely N-dealkylation sites (tertiary alicyclic amines) is 1. The molecule has 3 heterocycles. The molecule has 0 saturated carbocycles. The smallest absolute Gasteiger partial charge is 0.466 e. The zero-order valence-corrected chi connectivity index (χ0v) is 12.8. The zero-order valence-electron chi connectivity index (χ0n) is 12.8. The maximum atomic E-state index is 11.1. The van der Waals surface area contributed by atoms with E-state index in [1.165, 1.54) is 0 Å². The van der Waals surface area contributed by atoms with Gasteiger partial charge in [0.05, 0.1) is 0 Å². The lowest BCUT2D eigenvalue weighted by Gasteiger charge is -2.36. The molecule has 0 amide bonds. The zero-order chi connectivity index (χ0) is 14.9. The van der Waals surface area contributed by atoms with Crippen molar-refractivity contribution in [3.8, 4) is 0 Å². The van der Waals surface area contributed by atoms with Crippen LogP contribution >= 0.6 is 0 Å². The van der Waals surface area contributed by atoms with Crippen LogP contribution in [0.5, 0.6) is 0 Å². The van der Waals surface area contributed by atoms with E-state index in [0.717, 1.165) is 50.4 Å². The van der Waals surface area contributed by atoms with Gasteiger partial charge < -0.3 is 18.8 Å². The van der Waals surface area contributed by atoms with Crippen molar-refractivity contribution in [1.82, 2.24) is 4.90 Å². The number of hydrogen-bond donors (Lipinski definition) is 0. The van der Waals surface area contributed by atoms with Crippen LogP contribution in [0.4, 0.5) is 4.79 Å². The van der Waals surface area contributed by atoms with Gasteiger partial charge in [0.15, 0.2) is 5.60 Å². The first-order valence-corrected chi connectivity index (χ1v) is 7.71. The second-order valence-electron chi connectivity index (χ2n) is 6.30. The minimum Gasteiger partial charge on any atom is -0.466 e. The van der Waals surface area contributed by atoms with E-state index in [1.54, 1.807) is 0 Å². The van der Waals surface area contributed by atoms with Crippen molar-refractivity contribution in [2.45, 2.75) is 44.6 Å². The Hall–Kier alpha value is -1.49. The topological polar surface area (TPSA) is 51.9 Å². The number of ether oxygens (including phenoxy) is 2. The first-order chi connectivity index (χ1) is 10.1. The average molecular weight is 293 g/mol. The Morgan fingerprint density at radius 2 is 2.10 bits per heavy atom.